The number of primary amides is 1. The third-order valence-corrected chi connectivity index (χ3v) is 2.01. The molecule has 0 saturated carbocycles. The zero-order valence-electron chi connectivity index (χ0n) is 9.48. The zero-order chi connectivity index (χ0) is 12.3. The summed E-state index contributed by atoms with van der Waals surface area (Å²) in [7, 11) is 0. The molecule has 0 aromatic carbocycles. The van der Waals surface area contributed by atoms with Gasteiger partial charge < -0.3 is 10.5 Å². The van der Waals surface area contributed by atoms with Gasteiger partial charge in [0.15, 0.2) is 11.4 Å². The van der Waals surface area contributed by atoms with Gasteiger partial charge in [-0.05, 0) is 18.6 Å². The molecule has 0 fully saturated rings. The van der Waals surface area contributed by atoms with Crippen molar-refractivity contribution in [2.75, 3.05) is 0 Å². The Morgan fingerprint density at radius 1 is 1.44 bits per heavy atom. The molecule has 0 aliphatic rings. The molecule has 1 heterocycles. The van der Waals surface area contributed by atoms with E-state index in [1.54, 1.807) is 26.8 Å². The first-order valence-corrected chi connectivity index (χ1v) is 4.90. The normalized spacial score (nSPS) is 10.2. The summed E-state index contributed by atoms with van der Waals surface area (Å²) < 4.78 is 5.10. The number of hydrogen-bond acceptors (Lipinski definition) is 4. The van der Waals surface area contributed by atoms with E-state index in [4.69, 9.17) is 10.5 Å². The van der Waals surface area contributed by atoms with Gasteiger partial charge in [0.25, 0.3) is 5.91 Å². The van der Waals surface area contributed by atoms with Crippen LogP contribution in [0.5, 0.6) is 5.75 Å². The van der Waals surface area contributed by atoms with E-state index < -0.39 is 11.9 Å². The monoisotopic (exact) mass is 222 g/mol. The molecule has 0 bridgehead atoms. The average molecular weight is 222 g/mol. The summed E-state index contributed by atoms with van der Waals surface area (Å²) in [6.45, 7) is 5.13. The minimum atomic E-state index is -0.713. The second-order valence-corrected chi connectivity index (χ2v) is 3.75. The van der Waals surface area contributed by atoms with E-state index in [-0.39, 0.29) is 17.4 Å². The Morgan fingerprint density at radius 3 is 2.56 bits per heavy atom. The summed E-state index contributed by atoms with van der Waals surface area (Å²) >= 11 is 0. The summed E-state index contributed by atoms with van der Waals surface area (Å²) in [5, 5.41) is 0. The highest BCUT2D eigenvalue weighted by Gasteiger charge is 2.18. The first-order valence-electron chi connectivity index (χ1n) is 4.90. The Hall–Kier alpha value is -1.91. The lowest BCUT2D eigenvalue weighted by molar-refractivity contribution is -0.137. The number of carbonyl (C=O) groups excluding carboxylic acids is 2. The largest absolute Gasteiger partial charge is 0.424 e. The van der Waals surface area contributed by atoms with Crippen molar-refractivity contribution in [1.82, 2.24) is 4.98 Å². The number of rotatable bonds is 3. The van der Waals surface area contributed by atoms with Gasteiger partial charge in [0.05, 0.1) is 5.92 Å². The summed E-state index contributed by atoms with van der Waals surface area (Å²) in [5.41, 5.74) is 5.77. The van der Waals surface area contributed by atoms with Crippen molar-refractivity contribution in [1.29, 1.82) is 0 Å². The highest BCUT2D eigenvalue weighted by Crippen LogP contribution is 2.21. The molecule has 1 aromatic heterocycles. The summed E-state index contributed by atoms with van der Waals surface area (Å²) in [4.78, 5) is 26.3. The van der Waals surface area contributed by atoms with E-state index >= 15 is 0 Å². The van der Waals surface area contributed by atoms with Gasteiger partial charge in [0, 0.05) is 6.20 Å². The van der Waals surface area contributed by atoms with E-state index in [2.05, 4.69) is 4.98 Å². The van der Waals surface area contributed by atoms with Gasteiger partial charge in [-0.2, -0.15) is 0 Å². The van der Waals surface area contributed by atoms with Crippen molar-refractivity contribution in [2.24, 2.45) is 11.7 Å². The van der Waals surface area contributed by atoms with E-state index in [0.717, 1.165) is 0 Å². The molecule has 0 unspecified atom stereocenters. The number of amides is 1. The molecule has 86 valence electrons. The van der Waals surface area contributed by atoms with E-state index in [0.29, 0.717) is 5.56 Å². The number of esters is 1. The maximum Gasteiger partial charge on any atom is 0.313 e. The van der Waals surface area contributed by atoms with Crippen LogP contribution >= 0.6 is 0 Å². The van der Waals surface area contributed by atoms with Crippen LogP contribution in [0.3, 0.4) is 0 Å². The molecule has 0 aliphatic heterocycles. The van der Waals surface area contributed by atoms with Crippen molar-refractivity contribution in [2.45, 2.75) is 20.8 Å². The van der Waals surface area contributed by atoms with Crippen LogP contribution in [-0.4, -0.2) is 16.9 Å². The number of aryl methyl sites for hydroxylation is 1. The van der Waals surface area contributed by atoms with Crippen LogP contribution in [0.2, 0.25) is 0 Å². The molecular weight excluding hydrogens is 208 g/mol. The number of nitrogens with two attached hydrogens (primary N) is 1. The number of nitrogens with zero attached hydrogens (tertiary/aromatic N) is 1. The lowest BCUT2D eigenvalue weighted by atomic mass is 10.2. The first-order chi connectivity index (χ1) is 7.43. The predicted molar refractivity (Wildman–Crippen MR) is 58.0 cm³/mol. The van der Waals surface area contributed by atoms with Gasteiger partial charge >= 0.3 is 5.97 Å². The average Bonchev–Trinajstić information content (AvgIpc) is 2.20. The molecule has 5 heteroatoms. The number of aromatic nitrogens is 1. The van der Waals surface area contributed by atoms with Crippen molar-refractivity contribution in [3.05, 3.63) is 23.5 Å². The van der Waals surface area contributed by atoms with Gasteiger partial charge in [0.2, 0.25) is 0 Å². The molecular formula is C11H14N2O3. The molecule has 0 atom stereocenters. The van der Waals surface area contributed by atoms with Crippen LogP contribution in [0.4, 0.5) is 0 Å². The van der Waals surface area contributed by atoms with E-state index in [1.165, 1.54) is 6.20 Å². The second kappa shape index (κ2) is 4.74. The maximum atomic E-state index is 11.4. The van der Waals surface area contributed by atoms with Gasteiger partial charge in [-0.25, -0.2) is 4.98 Å². The van der Waals surface area contributed by atoms with Gasteiger partial charge in [-0.1, -0.05) is 13.8 Å². The zero-order valence-corrected chi connectivity index (χ0v) is 9.48. The standard InChI is InChI=1S/C11H14N2O3/c1-6(2)11(15)16-9-7(3)4-5-13-8(9)10(12)14/h4-6H,1-3H3,(H2,12,14). The molecule has 5 nitrogen and oxygen atoms in total. The first kappa shape index (κ1) is 12.2. The maximum absolute atomic E-state index is 11.4. The van der Waals surface area contributed by atoms with Crippen LogP contribution in [0.1, 0.15) is 29.9 Å². The smallest absolute Gasteiger partial charge is 0.313 e. The second-order valence-electron chi connectivity index (χ2n) is 3.75. The van der Waals surface area contributed by atoms with Crippen LogP contribution in [0, 0.1) is 12.8 Å². The number of pyridine rings is 1. The van der Waals surface area contributed by atoms with Crippen LogP contribution in [0.15, 0.2) is 12.3 Å². The van der Waals surface area contributed by atoms with Crippen LogP contribution in [-0.2, 0) is 4.79 Å². The number of hydrogen-bond donors (Lipinski definition) is 1. The Labute approximate surface area is 93.6 Å². The lowest BCUT2D eigenvalue weighted by Crippen LogP contribution is -2.20. The van der Waals surface area contributed by atoms with E-state index in [9.17, 15) is 9.59 Å². The quantitative estimate of drug-likeness (QED) is 0.775. The lowest BCUT2D eigenvalue weighted by Gasteiger charge is -2.11. The molecule has 0 aliphatic carbocycles. The SMILES string of the molecule is Cc1ccnc(C(N)=O)c1OC(=O)C(C)C. The van der Waals surface area contributed by atoms with Crippen molar-refractivity contribution >= 4 is 11.9 Å². The number of ether oxygens (including phenoxy) is 1. The fourth-order valence-corrected chi connectivity index (χ4v) is 1.07. The van der Waals surface area contributed by atoms with Gasteiger partial charge in [-0.3, -0.25) is 9.59 Å². The summed E-state index contributed by atoms with van der Waals surface area (Å²) in [6, 6.07) is 1.65. The van der Waals surface area contributed by atoms with Crippen LogP contribution < -0.4 is 10.5 Å². The Morgan fingerprint density at radius 2 is 2.06 bits per heavy atom. The fraction of sp³-hybridized carbons (Fsp3) is 0.364. The predicted octanol–water partition coefficient (Wildman–Crippen LogP) is 1.05. The number of carbonyl (C=O) groups is 2. The highest BCUT2D eigenvalue weighted by atomic mass is 16.5. The Bertz CT molecular complexity index is 427. The topological polar surface area (TPSA) is 82.3 Å². The molecule has 0 radical (unpaired) electrons. The molecule has 16 heavy (non-hydrogen) atoms. The summed E-state index contributed by atoms with van der Waals surface area (Å²) in [5.74, 6) is -1.26. The van der Waals surface area contributed by atoms with Crippen molar-refractivity contribution in [3.63, 3.8) is 0 Å². The molecule has 0 saturated heterocycles. The Balaban J connectivity index is 3.11. The van der Waals surface area contributed by atoms with Crippen LogP contribution in [0.25, 0.3) is 0 Å². The van der Waals surface area contributed by atoms with Crippen molar-refractivity contribution in [3.8, 4) is 5.75 Å². The Kier molecular flexibility index (Phi) is 3.60. The third-order valence-electron chi connectivity index (χ3n) is 2.01. The van der Waals surface area contributed by atoms with Gasteiger partial charge in [0.1, 0.15) is 0 Å². The van der Waals surface area contributed by atoms with Crippen molar-refractivity contribution < 1.29 is 14.3 Å². The molecule has 0 spiro atoms. The molecule has 2 N–H and O–H groups in total. The minimum absolute atomic E-state index is 0.0194. The highest BCUT2D eigenvalue weighted by molar-refractivity contribution is 5.94. The van der Waals surface area contributed by atoms with E-state index in [1.807, 2.05) is 0 Å². The van der Waals surface area contributed by atoms with Gasteiger partial charge in [-0.15, -0.1) is 0 Å². The molecule has 1 aromatic rings. The minimum Gasteiger partial charge on any atom is -0.424 e. The third kappa shape index (κ3) is 2.56. The fourth-order valence-electron chi connectivity index (χ4n) is 1.07. The summed E-state index contributed by atoms with van der Waals surface area (Å²) in [6.07, 6.45) is 1.45. The molecule has 1 amide bonds. The molecule has 1 rings (SSSR count).